The van der Waals surface area contributed by atoms with Crippen LogP contribution in [0.4, 0.5) is 0 Å². The van der Waals surface area contributed by atoms with E-state index < -0.39 is 0 Å². The first-order valence-corrected chi connectivity index (χ1v) is 9.82. The fourth-order valence-electron chi connectivity index (χ4n) is 3.05. The van der Waals surface area contributed by atoms with Crippen LogP contribution in [-0.4, -0.2) is 16.7 Å². The van der Waals surface area contributed by atoms with Crippen LogP contribution in [0.5, 0.6) is 0 Å². The molecular weight excluding hydrogens is 354 g/mol. The van der Waals surface area contributed by atoms with Gasteiger partial charge in [-0.05, 0) is 54.5 Å². The number of carbonyl (C=O) groups excluding carboxylic acids is 1. The molecule has 2 aromatic heterocycles. The van der Waals surface area contributed by atoms with Crippen molar-refractivity contribution >= 4 is 23.5 Å². The number of nitrogens with one attached hydrogen (secondary N) is 1. The lowest BCUT2D eigenvalue weighted by molar-refractivity contribution is 0.0959. The molecule has 0 aliphatic rings. The highest BCUT2D eigenvalue weighted by atomic mass is 32.1. The third-order valence-electron chi connectivity index (χ3n) is 4.58. The summed E-state index contributed by atoms with van der Waals surface area (Å²) in [6.45, 7) is 10.8. The molecule has 0 unspecified atom stereocenters. The molecule has 5 heteroatoms. The zero-order valence-corrected chi connectivity index (χ0v) is 17.2. The van der Waals surface area contributed by atoms with E-state index in [1.807, 2.05) is 11.4 Å². The van der Waals surface area contributed by atoms with Crippen LogP contribution >= 0.6 is 11.3 Å². The summed E-state index contributed by atoms with van der Waals surface area (Å²) in [6, 6.07) is 14.4. The maximum absolute atomic E-state index is 12.0. The van der Waals surface area contributed by atoms with E-state index in [1.165, 1.54) is 16.9 Å². The number of hydrogen-bond acceptors (Lipinski definition) is 3. The Bertz CT molecular complexity index is 958. The van der Waals surface area contributed by atoms with E-state index >= 15 is 0 Å². The summed E-state index contributed by atoms with van der Waals surface area (Å²) >= 11 is 1.40. The normalized spacial score (nSPS) is 11.9. The molecule has 0 spiro atoms. The average molecular weight is 380 g/mol. The standard InChI is InChI=1S/C22H25N3OS/c1-15-13-17(14-23-24-21(26)20-7-6-12-27-20)16(2)25(15)19-10-8-18(9-11-19)22(3,4)5/h6-14H,1-5H3,(H,24,26)/b23-14-. The van der Waals surface area contributed by atoms with Crippen molar-refractivity contribution in [1.82, 2.24) is 9.99 Å². The van der Waals surface area contributed by atoms with Gasteiger partial charge in [-0.3, -0.25) is 4.79 Å². The van der Waals surface area contributed by atoms with E-state index in [2.05, 4.69) is 80.0 Å². The molecule has 1 aromatic carbocycles. The zero-order valence-electron chi connectivity index (χ0n) is 16.4. The molecule has 3 rings (SSSR count). The van der Waals surface area contributed by atoms with Gasteiger partial charge in [-0.25, -0.2) is 5.43 Å². The molecule has 0 saturated carbocycles. The first-order valence-electron chi connectivity index (χ1n) is 8.94. The Balaban J connectivity index is 1.80. The van der Waals surface area contributed by atoms with Crippen molar-refractivity contribution in [3.05, 3.63) is 75.2 Å². The number of aromatic nitrogens is 1. The monoisotopic (exact) mass is 379 g/mol. The predicted molar refractivity (Wildman–Crippen MR) is 113 cm³/mol. The molecule has 0 aliphatic heterocycles. The summed E-state index contributed by atoms with van der Waals surface area (Å²) in [5.41, 5.74) is 8.36. The number of hydrazone groups is 1. The van der Waals surface area contributed by atoms with Crippen LogP contribution in [0, 0.1) is 13.8 Å². The lowest BCUT2D eigenvalue weighted by atomic mass is 9.87. The summed E-state index contributed by atoms with van der Waals surface area (Å²) in [7, 11) is 0. The highest BCUT2D eigenvalue weighted by Gasteiger charge is 2.14. The van der Waals surface area contributed by atoms with Crippen LogP contribution in [0.15, 0.2) is 52.9 Å². The number of benzene rings is 1. The van der Waals surface area contributed by atoms with E-state index in [0.717, 1.165) is 22.6 Å². The summed E-state index contributed by atoms with van der Waals surface area (Å²) < 4.78 is 2.20. The van der Waals surface area contributed by atoms with Gasteiger partial charge in [0.05, 0.1) is 11.1 Å². The van der Waals surface area contributed by atoms with Crippen molar-refractivity contribution in [2.75, 3.05) is 0 Å². The minimum Gasteiger partial charge on any atom is -0.318 e. The number of aryl methyl sites for hydroxylation is 1. The molecule has 0 fully saturated rings. The first-order chi connectivity index (χ1) is 12.8. The topological polar surface area (TPSA) is 46.4 Å². The second kappa shape index (κ2) is 7.53. The minimum absolute atomic E-state index is 0.137. The van der Waals surface area contributed by atoms with Crippen molar-refractivity contribution in [1.29, 1.82) is 0 Å². The molecular formula is C22H25N3OS. The fraction of sp³-hybridized carbons (Fsp3) is 0.273. The Labute approximate surface area is 164 Å². The average Bonchev–Trinajstić information content (AvgIpc) is 3.23. The van der Waals surface area contributed by atoms with Gasteiger partial charge in [0, 0.05) is 22.6 Å². The van der Waals surface area contributed by atoms with Crippen LogP contribution in [-0.2, 0) is 5.41 Å². The van der Waals surface area contributed by atoms with Gasteiger partial charge in [-0.15, -0.1) is 11.3 Å². The van der Waals surface area contributed by atoms with E-state index in [9.17, 15) is 4.79 Å². The van der Waals surface area contributed by atoms with Gasteiger partial charge in [0.25, 0.3) is 5.91 Å². The maximum Gasteiger partial charge on any atom is 0.281 e. The van der Waals surface area contributed by atoms with Crippen molar-refractivity contribution in [2.24, 2.45) is 5.10 Å². The Kier molecular flexibility index (Phi) is 5.33. The highest BCUT2D eigenvalue weighted by molar-refractivity contribution is 7.12. The van der Waals surface area contributed by atoms with Crippen LogP contribution in [0.2, 0.25) is 0 Å². The van der Waals surface area contributed by atoms with Gasteiger partial charge in [0.1, 0.15) is 0 Å². The second-order valence-corrected chi connectivity index (χ2v) is 8.58. The van der Waals surface area contributed by atoms with E-state index in [0.29, 0.717) is 4.88 Å². The van der Waals surface area contributed by atoms with Crippen molar-refractivity contribution < 1.29 is 4.79 Å². The van der Waals surface area contributed by atoms with Gasteiger partial charge in [-0.2, -0.15) is 5.10 Å². The molecule has 1 N–H and O–H groups in total. The third kappa shape index (κ3) is 4.19. The summed E-state index contributed by atoms with van der Waals surface area (Å²) in [6.07, 6.45) is 1.70. The molecule has 3 aromatic rings. The Morgan fingerprint density at radius 1 is 1.15 bits per heavy atom. The molecule has 0 radical (unpaired) electrons. The van der Waals surface area contributed by atoms with Crippen molar-refractivity contribution in [2.45, 2.75) is 40.0 Å². The lowest BCUT2D eigenvalue weighted by Crippen LogP contribution is -2.16. The minimum atomic E-state index is -0.187. The Morgan fingerprint density at radius 3 is 2.44 bits per heavy atom. The summed E-state index contributed by atoms with van der Waals surface area (Å²) in [5.74, 6) is -0.187. The smallest absolute Gasteiger partial charge is 0.281 e. The fourth-order valence-corrected chi connectivity index (χ4v) is 3.66. The van der Waals surface area contributed by atoms with Crippen LogP contribution < -0.4 is 5.43 Å². The Hall–Kier alpha value is -2.66. The summed E-state index contributed by atoms with van der Waals surface area (Å²) in [5, 5.41) is 5.99. The number of amides is 1. The SMILES string of the molecule is Cc1cc(/C=N\NC(=O)c2cccs2)c(C)n1-c1ccc(C(C)(C)C)cc1. The number of thiophene rings is 1. The number of carbonyl (C=O) groups is 1. The summed E-state index contributed by atoms with van der Waals surface area (Å²) in [4.78, 5) is 12.6. The van der Waals surface area contributed by atoms with Crippen LogP contribution in [0.25, 0.3) is 5.69 Å². The predicted octanol–water partition coefficient (Wildman–Crippen LogP) is 5.22. The molecule has 4 nitrogen and oxygen atoms in total. The molecule has 0 atom stereocenters. The van der Waals surface area contributed by atoms with Gasteiger partial charge >= 0.3 is 0 Å². The number of hydrogen-bond donors (Lipinski definition) is 1. The third-order valence-corrected chi connectivity index (χ3v) is 5.45. The maximum atomic E-state index is 12.0. The van der Waals surface area contributed by atoms with Crippen molar-refractivity contribution in [3.8, 4) is 5.69 Å². The molecule has 27 heavy (non-hydrogen) atoms. The Morgan fingerprint density at radius 2 is 1.85 bits per heavy atom. The molecule has 2 heterocycles. The van der Waals surface area contributed by atoms with E-state index in [4.69, 9.17) is 0 Å². The second-order valence-electron chi connectivity index (χ2n) is 7.64. The van der Waals surface area contributed by atoms with Gasteiger partial charge in [0.15, 0.2) is 0 Å². The lowest BCUT2D eigenvalue weighted by Gasteiger charge is -2.20. The van der Waals surface area contributed by atoms with Gasteiger partial charge in [0.2, 0.25) is 0 Å². The zero-order chi connectivity index (χ0) is 19.6. The van der Waals surface area contributed by atoms with E-state index in [-0.39, 0.29) is 11.3 Å². The van der Waals surface area contributed by atoms with Gasteiger partial charge in [-0.1, -0.05) is 39.0 Å². The molecule has 1 amide bonds. The molecule has 140 valence electrons. The van der Waals surface area contributed by atoms with Crippen molar-refractivity contribution in [3.63, 3.8) is 0 Å². The highest BCUT2D eigenvalue weighted by Crippen LogP contribution is 2.25. The number of rotatable bonds is 4. The first kappa shape index (κ1) is 19.1. The van der Waals surface area contributed by atoms with Gasteiger partial charge < -0.3 is 4.57 Å². The molecule has 0 aliphatic carbocycles. The molecule has 0 bridgehead atoms. The number of nitrogens with zero attached hydrogens (tertiary/aromatic N) is 2. The quantitative estimate of drug-likeness (QED) is 0.490. The van der Waals surface area contributed by atoms with Crippen LogP contribution in [0.3, 0.4) is 0 Å². The van der Waals surface area contributed by atoms with Crippen LogP contribution in [0.1, 0.15) is 53.0 Å². The largest absolute Gasteiger partial charge is 0.318 e. The van der Waals surface area contributed by atoms with E-state index in [1.54, 1.807) is 12.3 Å². The molecule has 0 saturated heterocycles.